The summed E-state index contributed by atoms with van der Waals surface area (Å²) in [5.41, 5.74) is 3.58. The van der Waals surface area contributed by atoms with Gasteiger partial charge in [-0.05, 0) is 36.2 Å². The van der Waals surface area contributed by atoms with E-state index in [4.69, 9.17) is 0 Å². The molecule has 1 aliphatic rings. The maximum Gasteiger partial charge on any atom is 0.251 e. The van der Waals surface area contributed by atoms with Crippen LogP contribution in [0.2, 0.25) is 0 Å². The highest BCUT2D eigenvalue weighted by Crippen LogP contribution is 2.31. The van der Waals surface area contributed by atoms with Gasteiger partial charge in [-0.15, -0.1) is 11.8 Å². The number of carbonyl (C=O) groups excluding carboxylic acids is 2. The Labute approximate surface area is 155 Å². The topological polar surface area (TPSA) is 74.0 Å². The minimum absolute atomic E-state index is 0.00635. The largest absolute Gasteiger partial charge is 0.361 e. The van der Waals surface area contributed by atoms with E-state index >= 15 is 0 Å². The molecule has 3 aromatic rings. The van der Waals surface area contributed by atoms with Crippen LogP contribution in [0.15, 0.2) is 53.6 Å². The molecule has 4 rings (SSSR count). The van der Waals surface area contributed by atoms with E-state index < -0.39 is 0 Å². The number of carbonyl (C=O) groups is 2. The van der Waals surface area contributed by atoms with Crippen molar-refractivity contribution in [1.82, 2.24) is 10.3 Å². The summed E-state index contributed by atoms with van der Waals surface area (Å²) in [6, 6.07) is 13.6. The van der Waals surface area contributed by atoms with Gasteiger partial charge in [0.15, 0.2) is 0 Å². The molecular weight excluding hydrogens is 346 g/mol. The van der Waals surface area contributed by atoms with Gasteiger partial charge in [0.05, 0.1) is 5.69 Å². The Kier molecular flexibility index (Phi) is 4.67. The number of rotatable bonds is 4. The number of fused-ring (bicyclic) bond motifs is 2. The van der Waals surface area contributed by atoms with Crippen molar-refractivity contribution in [3.63, 3.8) is 0 Å². The van der Waals surface area contributed by atoms with Crippen molar-refractivity contribution in [2.24, 2.45) is 0 Å². The predicted octanol–water partition coefficient (Wildman–Crippen LogP) is 3.57. The molecule has 0 aliphatic carbocycles. The second-order valence-corrected chi connectivity index (χ2v) is 7.36. The summed E-state index contributed by atoms with van der Waals surface area (Å²) < 4.78 is 0. The van der Waals surface area contributed by atoms with Crippen LogP contribution in [-0.2, 0) is 11.2 Å². The van der Waals surface area contributed by atoms with E-state index in [0.717, 1.165) is 28.3 Å². The first-order valence-corrected chi connectivity index (χ1v) is 9.59. The molecule has 2 amide bonds. The van der Waals surface area contributed by atoms with Crippen LogP contribution in [-0.4, -0.2) is 29.1 Å². The Morgan fingerprint density at radius 2 is 2.08 bits per heavy atom. The normalized spacial score (nSPS) is 13.8. The first-order chi connectivity index (χ1) is 12.7. The Morgan fingerprint density at radius 1 is 1.19 bits per heavy atom. The monoisotopic (exact) mass is 365 g/mol. The van der Waals surface area contributed by atoms with Crippen molar-refractivity contribution in [3.8, 4) is 0 Å². The van der Waals surface area contributed by atoms with Gasteiger partial charge in [-0.3, -0.25) is 9.59 Å². The highest BCUT2D eigenvalue weighted by atomic mass is 32.2. The predicted molar refractivity (Wildman–Crippen MR) is 105 cm³/mol. The summed E-state index contributed by atoms with van der Waals surface area (Å²) >= 11 is 1.63. The summed E-state index contributed by atoms with van der Waals surface area (Å²) in [5, 5.41) is 7.02. The molecule has 0 bridgehead atoms. The molecule has 2 heterocycles. The molecule has 1 aromatic heterocycles. The third-order valence-electron chi connectivity index (χ3n) is 4.46. The van der Waals surface area contributed by atoms with Crippen molar-refractivity contribution in [1.29, 1.82) is 0 Å². The van der Waals surface area contributed by atoms with E-state index in [0.29, 0.717) is 18.5 Å². The zero-order chi connectivity index (χ0) is 17.9. The standard InChI is InChI=1S/C20H19N3O2S/c24-19-8-10-26-18-6-5-13(11-17(18)23-19)20(25)21-9-7-14-12-22-16-4-2-1-3-15(14)16/h1-6,11-12,22H,7-10H2,(H,21,25)(H,23,24). The molecule has 1 aliphatic heterocycles. The smallest absolute Gasteiger partial charge is 0.251 e. The molecule has 0 atom stereocenters. The number of nitrogens with one attached hydrogen (secondary N) is 3. The zero-order valence-electron chi connectivity index (χ0n) is 14.2. The van der Waals surface area contributed by atoms with Crippen LogP contribution in [0.5, 0.6) is 0 Å². The van der Waals surface area contributed by atoms with Gasteiger partial charge >= 0.3 is 0 Å². The molecule has 2 aromatic carbocycles. The van der Waals surface area contributed by atoms with E-state index in [-0.39, 0.29) is 11.8 Å². The molecular formula is C20H19N3O2S. The van der Waals surface area contributed by atoms with Crippen LogP contribution in [0.4, 0.5) is 5.69 Å². The van der Waals surface area contributed by atoms with Crippen molar-refractivity contribution < 1.29 is 9.59 Å². The number of hydrogen-bond acceptors (Lipinski definition) is 3. The molecule has 0 fully saturated rings. The van der Waals surface area contributed by atoms with Crippen LogP contribution in [0.1, 0.15) is 22.3 Å². The number of benzene rings is 2. The van der Waals surface area contributed by atoms with Gasteiger partial charge in [-0.25, -0.2) is 0 Å². The Balaban J connectivity index is 1.41. The maximum absolute atomic E-state index is 12.5. The quantitative estimate of drug-likeness (QED) is 0.662. The maximum atomic E-state index is 12.5. The number of aromatic nitrogens is 1. The van der Waals surface area contributed by atoms with Gasteiger partial charge < -0.3 is 15.6 Å². The number of anilines is 1. The number of aromatic amines is 1. The van der Waals surface area contributed by atoms with Gasteiger partial charge in [0.1, 0.15) is 0 Å². The minimum atomic E-state index is -0.129. The van der Waals surface area contributed by atoms with Gasteiger partial charge in [-0.2, -0.15) is 0 Å². The Bertz CT molecular complexity index is 980. The zero-order valence-corrected chi connectivity index (χ0v) is 15.0. The fourth-order valence-electron chi connectivity index (χ4n) is 3.11. The lowest BCUT2D eigenvalue weighted by molar-refractivity contribution is -0.115. The average Bonchev–Trinajstić information content (AvgIpc) is 2.96. The lowest BCUT2D eigenvalue weighted by atomic mass is 10.1. The molecule has 0 radical (unpaired) electrons. The minimum Gasteiger partial charge on any atom is -0.361 e. The molecule has 0 saturated heterocycles. The number of thioether (sulfide) groups is 1. The van der Waals surface area contributed by atoms with E-state index in [2.05, 4.69) is 21.7 Å². The Morgan fingerprint density at radius 3 is 3.00 bits per heavy atom. The number of amides is 2. The van der Waals surface area contributed by atoms with Gasteiger partial charge in [0.2, 0.25) is 5.91 Å². The van der Waals surface area contributed by atoms with Crippen molar-refractivity contribution in [2.75, 3.05) is 17.6 Å². The molecule has 0 unspecified atom stereocenters. The van der Waals surface area contributed by atoms with Gasteiger partial charge in [0.25, 0.3) is 5.91 Å². The van der Waals surface area contributed by atoms with Gasteiger partial charge in [-0.1, -0.05) is 18.2 Å². The summed E-state index contributed by atoms with van der Waals surface area (Å²) in [6.07, 6.45) is 3.24. The van der Waals surface area contributed by atoms with Crippen LogP contribution in [0, 0.1) is 0 Å². The van der Waals surface area contributed by atoms with Crippen LogP contribution in [0.3, 0.4) is 0 Å². The van der Waals surface area contributed by atoms with E-state index in [1.54, 1.807) is 17.8 Å². The average molecular weight is 365 g/mol. The molecule has 132 valence electrons. The summed E-state index contributed by atoms with van der Waals surface area (Å²) in [4.78, 5) is 28.4. The lowest BCUT2D eigenvalue weighted by Gasteiger charge is -2.09. The third kappa shape index (κ3) is 3.46. The number of hydrogen-bond donors (Lipinski definition) is 3. The summed E-state index contributed by atoms with van der Waals surface area (Å²) in [5.74, 6) is 0.624. The fourth-order valence-corrected chi connectivity index (χ4v) is 4.05. The van der Waals surface area contributed by atoms with Crippen LogP contribution < -0.4 is 10.6 Å². The molecule has 5 nitrogen and oxygen atoms in total. The lowest BCUT2D eigenvalue weighted by Crippen LogP contribution is -2.25. The highest BCUT2D eigenvalue weighted by Gasteiger charge is 2.15. The summed E-state index contributed by atoms with van der Waals surface area (Å²) in [6.45, 7) is 0.554. The SMILES string of the molecule is O=C1CCSc2ccc(C(=O)NCCc3c[nH]c4ccccc34)cc2N1. The van der Waals surface area contributed by atoms with E-state index in [1.165, 1.54) is 10.9 Å². The fraction of sp³-hybridized carbons (Fsp3) is 0.200. The van der Waals surface area contributed by atoms with E-state index in [1.807, 2.05) is 36.5 Å². The second-order valence-electron chi connectivity index (χ2n) is 6.22. The second kappa shape index (κ2) is 7.25. The van der Waals surface area contributed by atoms with Crippen molar-refractivity contribution in [3.05, 3.63) is 59.8 Å². The first kappa shape index (κ1) is 16.7. The van der Waals surface area contributed by atoms with Crippen LogP contribution >= 0.6 is 11.8 Å². The molecule has 3 N–H and O–H groups in total. The molecule has 6 heteroatoms. The Hall–Kier alpha value is -2.73. The molecule has 0 saturated carbocycles. The van der Waals surface area contributed by atoms with E-state index in [9.17, 15) is 9.59 Å². The van der Waals surface area contributed by atoms with Crippen molar-refractivity contribution >= 4 is 40.2 Å². The number of para-hydroxylation sites is 1. The molecule has 0 spiro atoms. The first-order valence-electron chi connectivity index (χ1n) is 8.60. The summed E-state index contributed by atoms with van der Waals surface area (Å²) in [7, 11) is 0. The van der Waals surface area contributed by atoms with Gasteiger partial charge in [0, 0.05) is 46.3 Å². The number of H-pyrrole nitrogens is 1. The highest BCUT2D eigenvalue weighted by molar-refractivity contribution is 7.99. The van der Waals surface area contributed by atoms with Crippen molar-refractivity contribution in [2.45, 2.75) is 17.7 Å². The van der Waals surface area contributed by atoms with Crippen LogP contribution in [0.25, 0.3) is 10.9 Å². The molecule has 26 heavy (non-hydrogen) atoms. The third-order valence-corrected chi connectivity index (χ3v) is 5.53.